The van der Waals surface area contributed by atoms with Crippen LogP contribution in [-0.4, -0.2) is 38.0 Å². The lowest BCUT2D eigenvalue weighted by Gasteiger charge is -2.08. The third-order valence-electron chi connectivity index (χ3n) is 2.48. The molecule has 1 rings (SSSR count). The Bertz CT molecular complexity index is 439. The lowest BCUT2D eigenvalue weighted by Crippen LogP contribution is -2.25. The van der Waals surface area contributed by atoms with E-state index in [2.05, 4.69) is 10.2 Å². The summed E-state index contributed by atoms with van der Waals surface area (Å²) in [6.45, 7) is 1.60. The molecule has 0 saturated heterocycles. The SMILES string of the molecule is CN(C)CCCNC(=O)C=Cc1c(Cl)cccc1Cl. The van der Waals surface area contributed by atoms with Crippen LogP contribution < -0.4 is 5.32 Å². The lowest BCUT2D eigenvalue weighted by molar-refractivity contribution is -0.116. The normalized spacial score (nSPS) is 11.2. The highest BCUT2D eigenvalue weighted by molar-refractivity contribution is 6.37. The molecule has 1 amide bonds. The van der Waals surface area contributed by atoms with Crippen molar-refractivity contribution in [2.45, 2.75) is 6.42 Å². The molecule has 0 heterocycles. The Labute approximate surface area is 124 Å². The van der Waals surface area contributed by atoms with E-state index >= 15 is 0 Å². The van der Waals surface area contributed by atoms with Gasteiger partial charge in [0, 0.05) is 28.2 Å². The minimum Gasteiger partial charge on any atom is -0.353 e. The van der Waals surface area contributed by atoms with Crippen LogP contribution in [0.5, 0.6) is 0 Å². The molecular weight excluding hydrogens is 283 g/mol. The second-order valence-electron chi connectivity index (χ2n) is 4.42. The van der Waals surface area contributed by atoms with Gasteiger partial charge in [-0.1, -0.05) is 29.3 Å². The standard InChI is InChI=1S/C14H18Cl2N2O/c1-18(2)10-4-9-17-14(19)8-7-11-12(15)5-3-6-13(11)16/h3,5-8H,4,9-10H2,1-2H3,(H,17,19). The first-order chi connectivity index (χ1) is 9.00. The van der Waals surface area contributed by atoms with Gasteiger partial charge >= 0.3 is 0 Å². The van der Waals surface area contributed by atoms with Crippen LogP contribution in [0, 0.1) is 0 Å². The van der Waals surface area contributed by atoms with Crippen molar-refractivity contribution in [3.8, 4) is 0 Å². The van der Waals surface area contributed by atoms with E-state index < -0.39 is 0 Å². The minimum absolute atomic E-state index is 0.144. The first-order valence-corrected chi connectivity index (χ1v) is 6.81. The van der Waals surface area contributed by atoms with Crippen LogP contribution in [0.3, 0.4) is 0 Å². The number of nitrogens with one attached hydrogen (secondary N) is 1. The molecule has 5 heteroatoms. The number of hydrogen-bond donors (Lipinski definition) is 1. The van der Waals surface area contributed by atoms with Gasteiger partial charge in [-0.3, -0.25) is 4.79 Å². The molecule has 19 heavy (non-hydrogen) atoms. The van der Waals surface area contributed by atoms with E-state index in [0.717, 1.165) is 13.0 Å². The highest BCUT2D eigenvalue weighted by Gasteiger charge is 2.02. The molecule has 0 radical (unpaired) electrons. The number of hydrogen-bond acceptors (Lipinski definition) is 2. The summed E-state index contributed by atoms with van der Waals surface area (Å²) in [6.07, 6.45) is 3.99. The topological polar surface area (TPSA) is 32.3 Å². The van der Waals surface area contributed by atoms with Gasteiger partial charge in [0.05, 0.1) is 0 Å². The smallest absolute Gasteiger partial charge is 0.244 e. The van der Waals surface area contributed by atoms with Crippen LogP contribution >= 0.6 is 23.2 Å². The highest BCUT2D eigenvalue weighted by Crippen LogP contribution is 2.25. The fourth-order valence-electron chi connectivity index (χ4n) is 1.49. The van der Waals surface area contributed by atoms with Crippen molar-refractivity contribution in [1.82, 2.24) is 10.2 Å². The van der Waals surface area contributed by atoms with Crippen LogP contribution in [0.15, 0.2) is 24.3 Å². The lowest BCUT2D eigenvalue weighted by atomic mass is 10.2. The zero-order valence-corrected chi connectivity index (χ0v) is 12.6. The molecule has 0 fully saturated rings. The molecule has 0 aromatic heterocycles. The number of halogens is 2. The van der Waals surface area contributed by atoms with Gasteiger partial charge in [-0.15, -0.1) is 0 Å². The van der Waals surface area contributed by atoms with E-state index in [0.29, 0.717) is 22.2 Å². The first-order valence-electron chi connectivity index (χ1n) is 6.05. The van der Waals surface area contributed by atoms with Crippen LogP contribution in [0.4, 0.5) is 0 Å². The van der Waals surface area contributed by atoms with Crippen molar-refractivity contribution in [2.24, 2.45) is 0 Å². The Morgan fingerprint density at radius 3 is 2.53 bits per heavy atom. The fourth-order valence-corrected chi connectivity index (χ4v) is 2.02. The van der Waals surface area contributed by atoms with Crippen molar-refractivity contribution in [2.75, 3.05) is 27.2 Å². The van der Waals surface area contributed by atoms with Gasteiger partial charge in [0.15, 0.2) is 0 Å². The molecule has 0 bridgehead atoms. The van der Waals surface area contributed by atoms with Crippen molar-refractivity contribution >= 4 is 35.2 Å². The molecule has 104 valence electrons. The van der Waals surface area contributed by atoms with Crippen LogP contribution in [-0.2, 0) is 4.79 Å². The molecule has 0 unspecified atom stereocenters. The second kappa shape index (κ2) is 8.20. The van der Waals surface area contributed by atoms with Gasteiger partial charge in [0.1, 0.15) is 0 Å². The predicted octanol–water partition coefficient (Wildman–Crippen LogP) is 3.07. The van der Waals surface area contributed by atoms with Gasteiger partial charge in [-0.2, -0.15) is 0 Å². The molecular formula is C14H18Cl2N2O. The second-order valence-corrected chi connectivity index (χ2v) is 5.23. The molecule has 0 atom stereocenters. The zero-order chi connectivity index (χ0) is 14.3. The summed E-state index contributed by atoms with van der Waals surface area (Å²) in [5.41, 5.74) is 0.661. The minimum atomic E-state index is -0.144. The summed E-state index contributed by atoms with van der Waals surface area (Å²) < 4.78 is 0. The molecule has 0 aliphatic heterocycles. The molecule has 0 saturated carbocycles. The molecule has 3 nitrogen and oxygen atoms in total. The maximum atomic E-state index is 11.6. The molecule has 1 aromatic rings. The molecule has 0 aliphatic rings. The van der Waals surface area contributed by atoms with E-state index in [1.165, 1.54) is 6.08 Å². The maximum Gasteiger partial charge on any atom is 0.244 e. The Kier molecular flexibility index (Phi) is 6.92. The Balaban J connectivity index is 2.46. The summed E-state index contributed by atoms with van der Waals surface area (Å²) in [5, 5.41) is 3.87. The molecule has 0 aliphatic carbocycles. The highest BCUT2D eigenvalue weighted by atomic mass is 35.5. The number of carbonyl (C=O) groups excluding carboxylic acids is 1. The number of nitrogens with zero attached hydrogens (tertiary/aromatic N) is 1. The zero-order valence-electron chi connectivity index (χ0n) is 11.1. The molecule has 1 N–H and O–H groups in total. The van der Waals surface area contributed by atoms with Gasteiger partial charge in [-0.25, -0.2) is 0 Å². The summed E-state index contributed by atoms with van der Waals surface area (Å²) in [4.78, 5) is 13.7. The van der Waals surface area contributed by atoms with E-state index in [-0.39, 0.29) is 5.91 Å². The van der Waals surface area contributed by atoms with Crippen LogP contribution in [0.25, 0.3) is 6.08 Å². The van der Waals surface area contributed by atoms with Crippen molar-refractivity contribution < 1.29 is 4.79 Å². The van der Waals surface area contributed by atoms with E-state index in [1.807, 2.05) is 14.1 Å². The average molecular weight is 301 g/mol. The average Bonchev–Trinajstić information content (AvgIpc) is 2.34. The molecule has 0 spiro atoms. The van der Waals surface area contributed by atoms with Gasteiger partial charge in [0.2, 0.25) is 5.91 Å². The number of benzene rings is 1. The Morgan fingerprint density at radius 2 is 1.95 bits per heavy atom. The summed E-state index contributed by atoms with van der Waals surface area (Å²) in [6, 6.07) is 5.24. The third-order valence-corrected chi connectivity index (χ3v) is 3.14. The van der Waals surface area contributed by atoms with Crippen molar-refractivity contribution in [1.29, 1.82) is 0 Å². The van der Waals surface area contributed by atoms with E-state index in [1.54, 1.807) is 24.3 Å². The van der Waals surface area contributed by atoms with Crippen LogP contribution in [0.1, 0.15) is 12.0 Å². The summed E-state index contributed by atoms with van der Waals surface area (Å²) >= 11 is 12.0. The number of amides is 1. The monoisotopic (exact) mass is 300 g/mol. The van der Waals surface area contributed by atoms with Crippen molar-refractivity contribution in [3.05, 3.63) is 39.9 Å². The number of rotatable bonds is 6. The largest absolute Gasteiger partial charge is 0.353 e. The van der Waals surface area contributed by atoms with Crippen LogP contribution in [0.2, 0.25) is 10.0 Å². The quantitative estimate of drug-likeness (QED) is 0.647. The van der Waals surface area contributed by atoms with E-state index in [9.17, 15) is 4.79 Å². The summed E-state index contributed by atoms with van der Waals surface area (Å²) in [5.74, 6) is -0.144. The fraction of sp³-hybridized carbons (Fsp3) is 0.357. The third kappa shape index (κ3) is 6.10. The Hall–Kier alpha value is -1.03. The predicted molar refractivity (Wildman–Crippen MR) is 81.7 cm³/mol. The number of carbonyl (C=O) groups is 1. The van der Waals surface area contributed by atoms with Gasteiger partial charge in [0.25, 0.3) is 0 Å². The first kappa shape index (κ1) is 16.0. The summed E-state index contributed by atoms with van der Waals surface area (Å²) in [7, 11) is 4.00. The molecule has 1 aromatic carbocycles. The van der Waals surface area contributed by atoms with Gasteiger partial charge < -0.3 is 10.2 Å². The van der Waals surface area contributed by atoms with Gasteiger partial charge in [-0.05, 0) is 45.3 Å². The van der Waals surface area contributed by atoms with E-state index in [4.69, 9.17) is 23.2 Å². The Morgan fingerprint density at radius 1 is 1.32 bits per heavy atom. The maximum absolute atomic E-state index is 11.6. The van der Waals surface area contributed by atoms with Crippen molar-refractivity contribution in [3.63, 3.8) is 0 Å².